The van der Waals surface area contributed by atoms with E-state index in [1.165, 1.54) is 0 Å². The molecule has 0 saturated heterocycles. The van der Waals surface area contributed by atoms with Crippen molar-refractivity contribution < 1.29 is 8.42 Å². The van der Waals surface area contributed by atoms with E-state index in [1.54, 1.807) is 35.0 Å². The van der Waals surface area contributed by atoms with Gasteiger partial charge in [0.15, 0.2) is 9.84 Å². The van der Waals surface area contributed by atoms with Crippen molar-refractivity contribution in [3.05, 3.63) is 51.4 Å². The Morgan fingerprint density at radius 2 is 1.94 bits per heavy atom. The minimum atomic E-state index is -3.31. The van der Waals surface area contributed by atoms with E-state index in [4.69, 9.17) is 16.6 Å². The molecule has 35 heavy (non-hydrogen) atoms. The van der Waals surface area contributed by atoms with Crippen LogP contribution in [0.4, 0.5) is 11.6 Å². The summed E-state index contributed by atoms with van der Waals surface area (Å²) >= 11 is 6.32. The Balaban J connectivity index is 1.35. The van der Waals surface area contributed by atoms with Crippen LogP contribution in [-0.2, 0) is 9.84 Å². The summed E-state index contributed by atoms with van der Waals surface area (Å²) in [5.74, 6) is 0.829. The molecule has 1 spiro atoms. The van der Waals surface area contributed by atoms with E-state index in [0.717, 1.165) is 61.6 Å². The highest BCUT2D eigenvalue weighted by atomic mass is 35.5. The largest absolute Gasteiger partial charge is 0.324 e. The smallest absolute Gasteiger partial charge is 0.271 e. The molecule has 3 fully saturated rings. The molecule has 0 aliphatic heterocycles. The Morgan fingerprint density at radius 1 is 1.17 bits per heavy atom. The number of nitrogens with zero attached hydrogens (tertiary/aromatic N) is 3. The maximum atomic E-state index is 13.1. The van der Waals surface area contributed by atoms with Crippen LogP contribution in [0.15, 0.2) is 40.2 Å². The SMILES string of the molecule is Cc1cc(S(=O)(=O)C2CC(C)C2)ccc1Nc1ncc2cc(Cl)c(=O)n(C3CCCC34CC4)c2n1. The minimum absolute atomic E-state index is 0.111. The summed E-state index contributed by atoms with van der Waals surface area (Å²) in [4.78, 5) is 22.7. The van der Waals surface area contributed by atoms with Gasteiger partial charge in [-0.05, 0) is 86.6 Å². The van der Waals surface area contributed by atoms with Crippen LogP contribution >= 0.6 is 11.6 Å². The minimum Gasteiger partial charge on any atom is -0.324 e. The van der Waals surface area contributed by atoms with Gasteiger partial charge in [0, 0.05) is 23.3 Å². The molecule has 1 N–H and O–H groups in total. The molecule has 9 heteroatoms. The fourth-order valence-corrected chi connectivity index (χ4v) is 8.41. The van der Waals surface area contributed by atoms with E-state index in [-0.39, 0.29) is 27.3 Å². The van der Waals surface area contributed by atoms with Crippen molar-refractivity contribution in [3.8, 4) is 0 Å². The van der Waals surface area contributed by atoms with Crippen LogP contribution in [0.25, 0.3) is 11.0 Å². The predicted molar refractivity (Wildman–Crippen MR) is 137 cm³/mol. The summed E-state index contributed by atoms with van der Waals surface area (Å²) < 4.78 is 27.6. The topological polar surface area (TPSA) is 94.0 Å². The molecule has 1 unspecified atom stereocenters. The van der Waals surface area contributed by atoms with E-state index in [2.05, 4.69) is 17.2 Å². The lowest BCUT2D eigenvalue weighted by molar-refractivity contribution is 0.344. The van der Waals surface area contributed by atoms with Crippen molar-refractivity contribution in [2.24, 2.45) is 11.3 Å². The highest BCUT2D eigenvalue weighted by Crippen LogP contribution is 2.63. The fraction of sp³-hybridized carbons (Fsp3) is 0.500. The number of rotatable bonds is 5. The standard InChI is InChI=1S/C26H29ClN4O3S/c1-15-10-19(11-15)35(33,34)18-5-6-21(16(2)12-18)29-25-28-14-17-13-20(27)24(32)31(23(17)30-25)22-4-3-7-26(22)8-9-26/h5-6,12-15,19,22H,3-4,7-11H2,1-2H3,(H,28,29,30). The first-order chi connectivity index (χ1) is 16.7. The summed E-state index contributed by atoms with van der Waals surface area (Å²) in [7, 11) is -3.31. The molecule has 1 atom stereocenters. The first kappa shape index (κ1) is 23.0. The molecule has 3 aliphatic carbocycles. The molecule has 3 aromatic rings. The third kappa shape index (κ3) is 3.76. The average molecular weight is 513 g/mol. The second kappa shape index (κ2) is 8.03. The molecular weight excluding hydrogens is 484 g/mol. The van der Waals surface area contributed by atoms with Crippen LogP contribution in [0.2, 0.25) is 5.02 Å². The lowest BCUT2D eigenvalue weighted by Gasteiger charge is -2.32. The van der Waals surface area contributed by atoms with Crippen molar-refractivity contribution in [3.63, 3.8) is 0 Å². The molecule has 0 radical (unpaired) electrons. The number of aromatic nitrogens is 3. The molecule has 1 aromatic carbocycles. The molecule has 7 nitrogen and oxygen atoms in total. The Bertz CT molecular complexity index is 1510. The predicted octanol–water partition coefficient (Wildman–Crippen LogP) is 5.57. The molecule has 6 rings (SSSR count). The van der Waals surface area contributed by atoms with Gasteiger partial charge in [-0.1, -0.05) is 24.9 Å². The zero-order chi connectivity index (χ0) is 24.5. The third-order valence-corrected chi connectivity index (χ3v) is 10.8. The van der Waals surface area contributed by atoms with Crippen molar-refractivity contribution in [2.45, 2.75) is 75.0 Å². The third-order valence-electron chi connectivity index (χ3n) is 8.33. The van der Waals surface area contributed by atoms with E-state index < -0.39 is 9.84 Å². The highest BCUT2D eigenvalue weighted by molar-refractivity contribution is 7.92. The van der Waals surface area contributed by atoms with Gasteiger partial charge in [0.25, 0.3) is 5.56 Å². The van der Waals surface area contributed by atoms with Crippen LogP contribution in [-0.4, -0.2) is 28.2 Å². The number of benzene rings is 1. The van der Waals surface area contributed by atoms with Crippen LogP contribution < -0.4 is 10.9 Å². The normalized spacial score (nSPS) is 25.1. The number of sulfone groups is 1. The van der Waals surface area contributed by atoms with Gasteiger partial charge in [0.1, 0.15) is 10.7 Å². The van der Waals surface area contributed by atoms with Crippen molar-refractivity contribution >= 4 is 44.1 Å². The molecule has 3 aliphatic rings. The number of hydrogen-bond acceptors (Lipinski definition) is 6. The summed E-state index contributed by atoms with van der Waals surface area (Å²) in [5, 5.41) is 3.87. The van der Waals surface area contributed by atoms with Gasteiger partial charge in [-0.25, -0.2) is 13.4 Å². The van der Waals surface area contributed by atoms with Crippen molar-refractivity contribution in [1.82, 2.24) is 14.5 Å². The monoisotopic (exact) mass is 512 g/mol. The number of fused-ring (bicyclic) bond motifs is 1. The highest BCUT2D eigenvalue weighted by Gasteiger charge is 2.53. The first-order valence-electron chi connectivity index (χ1n) is 12.4. The molecule has 2 aromatic heterocycles. The van der Waals surface area contributed by atoms with Gasteiger partial charge in [-0.3, -0.25) is 9.36 Å². The number of anilines is 2. The Kier molecular flexibility index (Phi) is 5.27. The molecule has 0 bridgehead atoms. The molecular formula is C26H29ClN4O3S. The Labute approximate surface area is 209 Å². The van der Waals surface area contributed by atoms with Crippen LogP contribution in [0.5, 0.6) is 0 Å². The average Bonchev–Trinajstić information content (AvgIpc) is 3.46. The Hall–Kier alpha value is -2.45. The molecule has 3 saturated carbocycles. The van der Waals surface area contributed by atoms with Gasteiger partial charge in [0.2, 0.25) is 5.95 Å². The van der Waals surface area contributed by atoms with Crippen LogP contribution in [0, 0.1) is 18.3 Å². The molecule has 2 heterocycles. The van der Waals surface area contributed by atoms with E-state index in [9.17, 15) is 13.2 Å². The summed E-state index contributed by atoms with van der Waals surface area (Å²) in [6.07, 6.45) is 8.62. The van der Waals surface area contributed by atoms with E-state index in [0.29, 0.717) is 22.4 Å². The van der Waals surface area contributed by atoms with Gasteiger partial charge in [0.05, 0.1) is 10.1 Å². The summed E-state index contributed by atoms with van der Waals surface area (Å²) in [5.41, 5.74) is 2.12. The quantitative estimate of drug-likeness (QED) is 0.480. The summed E-state index contributed by atoms with van der Waals surface area (Å²) in [6, 6.07) is 6.88. The Morgan fingerprint density at radius 3 is 2.63 bits per heavy atom. The van der Waals surface area contributed by atoms with Gasteiger partial charge >= 0.3 is 0 Å². The maximum absolute atomic E-state index is 13.1. The van der Waals surface area contributed by atoms with Crippen molar-refractivity contribution in [1.29, 1.82) is 0 Å². The van der Waals surface area contributed by atoms with E-state index >= 15 is 0 Å². The maximum Gasteiger partial charge on any atom is 0.271 e. The first-order valence-corrected chi connectivity index (χ1v) is 14.3. The second-order valence-electron chi connectivity index (χ2n) is 10.8. The lowest BCUT2D eigenvalue weighted by atomic mass is 9.87. The van der Waals surface area contributed by atoms with Crippen molar-refractivity contribution in [2.75, 3.05) is 5.32 Å². The second-order valence-corrected chi connectivity index (χ2v) is 13.4. The number of pyridine rings is 1. The molecule has 184 valence electrons. The summed E-state index contributed by atoms with van der Waals surface area (Å²) in [6.45, 7) is 3.95. The lowest BCUT2D eigenvalue weighted by Crippen LogP contribution is -2.34. The zero-order valence-electron chi connectivity index (χ0n) is 19.9. The van der Waals surface area contributed by atoms with Crippen LogP contribution in [0.1, 0.15) is 63.5 Å². The van der Waals surface area contributed by atoms with Crippen LogP contribution in [0.3, 0.4) is 0 Å². The number of hydrogen-bond donors (Lipinski definition) is 1. The van der Waals surface area contributed by atoms with Gasteiger partial charge in [-0.2, -0.15) is 4.98 Å². The van der Waals surface area contributed by atoms with Gasteiger partial charge < -0.3 is 5.32 Å². The number of aryl methyl sites for hydroxylation is 1. The van der Waals surface area contributed by atoms with E-state index in [1.807, 2.05) is 6.92 Å². The zero-order valence-corrected chi connectivity index (χ0v) is 21.5. The number of halogens is 1. The fourth-order valence-electron chi connectivity index (χ4n) is 6.05. The molecule has 0 amide bonds. The van der Waals surface area contributed by atoms with Gasteiger partial charge in [-0.15, -0.1) is 0 Å². The number of nitrogens with one attached hydrogen (secondary N) is 1.